The van der Waals surface area contributed by atoms with Gasteiger partial charge in [-0.25, -0.2) is 0 Å². The van der Waals surface area contributed by atoms with E-state index in [0.29, 0.717) is 13.1 Å². The number of β-lactam (4-membered cyclic amide) rings is 1. The molecule has 0 bridgehead atoms. The second-order valence-electron chi connectivity index (χ2n) is 3.55. The first-order valence-corrected chi connectivity index (χ1v) is 4.27. The van der Waals surface area contributed by atoms with Crippen LogP contribution in [0.15, 0.2) is 0 Å². The van der Waals surface area contributed by atoms with Gasteiger partial charge in [0.05, 0.1) is 0 Å². The summed E-state index contributed by atoms with van der Waals surface area (Å²) in [6.45, 7) is 2.87. The highest BCUT2D eigenvalue weighted by molar-refractivity contribution is 5.87. The molecule has 0 aromatic carbocycles. The fourth-order valence-corrected chi connectivity index (χ4v) is 1.43. The molecule has 1 rings (SSSR count). The van der Waals surface area contributed by atoms with Crippen LogP contribution in [0.4, 0.5) is 0 Å². The predicted octanol–water partition coefficient (Wildman–Crippen LogP) is -0.733. The van der Waals surface area contributed by atoms with Gasteiger partial charge in [0.25, 0.3) is 0 Å². The minimum absolute atomic E-state index is 0.00560. The molecule has 74 valence electrons. The highest BCUT2D eigenvalue weighted by Gasteiger charge is 2.33. The summed E-state index contributed by atoms with van der Waals surface area (Å²) < 4.78 is 0. The van der Waals surface area contributed by atoms with Gasteiger partial charge in [0.2, 0.25) is 5.91 Å². The van der Waals surface area contributed by atoms with Gasteiger partial charge in [-0.1, -0.05) is 6.92 Å². The maximum atomic E-state index is 11.0. The molecule has 1 heterocycles. The summed E-state index contributed by atoms with van der Waals surface area (Å²) in [6, 6.07) is -0.364. The molecule has 0 aromatic heterocycles. The van der Waals surface area contributed by atoms with Crippen molar-refractivity contribution in [3.63, 3.8) is 0 Å². The monoisotopic (exact) mass is 186 g/mol. The van der Waals surface area contributed by atoms with Crippen molar-refractivity contribution in [3.05, 3.63) is 0 Å². The molecule has 0 saturated carbocycles. The van der Waals surface area contributed by atoms with Crippen LogP contribution in [0.5, 0.6) is 0 Å². The molecular formula is C8H14N2O3. The van der Waals surface area contributed by atoms with Gasteiger partial charge in [-0.3, -0.25) is 9.59 Å². The molecule has 5 heteroatoms. The van der Waals surface area contributed by atoms with E-state index in [1.165, 1.54) is 0 Å². The Morgan fingerprint density at radius 3 is 2.85 bits per heavy atom. The molecule has 0 aliphatic carbocycles. The zero-order valence-electron chi connectivity index (χ0n) is 7.56. The van der Waals surface area contributed by atoms with Crippen LogP contribution in [0, 0.1) is 5.92 Å². The van der Waals surface area contributed by atoms with Gasteiger partial charge in [0.15, 0.2) is 0 Å². The number of carbonyl (C=O) groups excluding carboxylic acids is 1. The zero-order valence-corrected chi connectivity index (χ0v) is 7.56. The average molecular weight is 186 g/mol. The molecule has 2 atom stereocenters. The van der Waals surface area contributed by atoms with Crippen LogP contribution in [0.3, 0.4) is 0 Å². The number of nitrogens with two attached hydrogens (primary N) is 1. The number of nitrogens with zero attached hydrogens (tertiary/aromatic N) is 1. The molecule has 1 aliphatic heterocycles. The fraction of sp³-hybridized carbons (Fsp3) is 0.750. The molecule has 1 fully saturated rings. The topological polar surface area (TPSA) is 83.6 Å². The van der Waals surface area contributed by atoms with E-state index in [2.05, 4.69) is 0 Å². The van der Waals surface area contributed by atoms with Crippen molar-refractivity contribution in [2.75, 3.05) is 13.1 Å². The van der Waals surface area contributed by atoms with Gasteiger partial charge in [-0.05, 0) is 5.92 Å². The van der Waals surface area contributed by atoms with Gasteiger partial charge >= 0.3 is 5.97 Å². The van der Waals surface area contributed by atoms with Gasteiger partial charge in [0, 0.05) is 19.5 Å². The standard InChI is InChI=1S/C8H14N2O3/c1-5(2-7(11)12)3-10-4-6(9)8(10)13/h5-6H,2-4,9H2,1H3,(H,11,12)/t5?,6-/m0/s1. The first-order chi connectivity index (χ1) is 6.00. The van der Waals surface area contributed by atoms with E-state index in [1.807, 2.05) is 6.92 Å². The lowest BCUT2D eigenvalue weighted by atomic mass is 10.0. The van der Waals surface area contributed by atoms with Crippen LogP contribution in [0.2, 0.25) is 0 Å². The molecule has 1 saturated heterocycles. The first kappa shape index (κ1) is 9.98. The fourth-order valence-electron chi connectivity index (χ4n) is 1.43. The van der Waals surface area contributed by atoms with Crippen molar-refractivity contribution in [1.82, 2.24) is 4.90 Å². The van der Waals surface area contributed by atoms with E-state index >= 15 is 0 Å². The first-order valence-electron chi connectivity index (χ1n) is 4.27. The Bertz CT molecular complexity index is 229. The van der Waals surface area contributed by atoms with Gasteiger partial charge in [-0.15, -0.1) is 0 Å². The van der Waals surface area contributed by atoms with Crippen LogP contribution < -0.4 is 5.73 Å². The Kier molecular flexibility index (Phi) is 2.87. The minimum atomic E-state index is -0.829. The lowest BCUT2D eigenvalue weighted by molar-refractivity contribution is -0.145. The molecule has 0 aromatic rings. The second-order valence-corrected chi connectivity index (χ2v) is 3.55. The maximum absolute atomic E-state index is 11.0. The van der Waals surface area contributed by atoms with Crippen LogP contribution >= 0.6 is 0 Å². The zero-order chi connectivity index (χ0) is 10.0. The molecule has 1 amide bonds. The second kappa shape index (κ2) is 3.74. The third-order valence-electron chi connectivity index (χ3n) is 2.10. The number of carboxylic acids is 1. The molecule has 3 N–H and O–H groups in total. The summed E-state index contributed by atoms with van der Waals surface area (Å²) in [5.74, 6) is -0.907. The minimum Gasteiger partial charge on any atom is -0.481 e. The van der Waals surface area contributed by atoms with Crippen LogP contribution in [0.1, 0.15) is 13.3 Å². The third kappa shape index (κ3) is 2.42. The number of likely N-dealkylation sites (tertiary alicyclic amines) is 1. The van der Waals surface area contributed by atoms with Crippen molar-refractivity contribution in [2.24, 2.45) is 11.7 Å². The SMILES string of the molecule is CC(CC(=O)O)CN1C[C@H](N)C1=O. The van der Waals surface area contributed by atoms with E-state index in [-0.39, 0.29) is 24.3 Å². The molecule has 0 radical (unpaired) electrons. The van der Waals surface area contributed by atoms with Gasteiger partial charge in [-0.2, -0.15) is 0 Å². The van der Waals surface area contributed by atoms with E-state index in [4.69, 9.17) is 10.8 Å². The Morgan fingerprint density at radius 2 is 2.46 bits per heavy atom. The Balaban J connectivity index is 2.26. The quantitative estimate of drug-likeness (QED) is 0.567. The average Bonchev–Trinajstić information content (AvgIpc) is 2.02. The number of amides is 1. The largest absolute Gasteiger partial charge is 0.481 e. The van der Waals surface area contributed by atoms with Crippen LogP contribution in [-0.4, -0.2) is 41.0 Å². The van der Waals surface area contributed by atoms with E-state index in [0.717, 1.165) is 0 Å². The Hall–Kier alpha value is -1.10. The number of aliphatic carboxylic acids is 1. The number of carbonyl (C=O) groups is 2. The van der Waals surface area contributed by atoms with E-state index < -0.39 is 5.97 Å². The van der Waals surface area contributed by atoms with Gasteiger partial charge < -0.3 is 15.7 Å². The lowest BCUT2D eigenvalue weighted by Crippen LogP contribution is -2.61. The summed E-state index contributed by atoms with van der Waals surface area (Å²) >= 11 is 0. The lowest BCUT2D eigenvalue weighted by Gasteiger charge is -2.37. The van der Waals surface area contributed by atoms with Crippen molar-refractivity contribution in [1.29, 1.82) is 0 Å². The number of hydrogen-bond donors (Lipinski definition) is 2. The number of carboxylic acid groups (broad SMARTS) is 1. The van der Waals surface area contributed by atoms with Crippen molar-refractivity contribution in [3.8, 4) is 0 Å². The van der Waals surface area contributed by atoms with E-state index in [9.17, 15) is 9.59 Å². The maximum Gasteiger partial charge on any atom is 0.303 e. The van der Waals surface area contributed by atoms with Crippen LogP contribution in [-0.2, 0) is 9.59 Å². The van der Waals surface area contributed by atoms with Crippen molar-refractivity contribution < 1.29 is 14.7 Å². The molecular weight excluding hydrogens is 172 g/mol. The highest BCUT2D eigenvalue weighted by Crippen LogP contribution is 2.12. The summed E-state index contributed by atoms with van der Waals surface area (Å²) in [7, 11) is 0. The number of hydrogen-bond acceptors (Lipinski definition) is 3. The normalized spacial score (nSPS) is 24.0. The molecule has 1 unspecified atom stereocenters. The van der Waals surface area contributed by atoms with E-state index in [1.54, 1.807) is 4.90 Å². The van der Waals surface area contributed by atoms with Gasteiger partial charge in [0.1, 0.15) is 6.04 Å². The smallest absolute Gasteiger partial charge is 0.303 e. The predicted molar refractivity (Wildman–Crippen MR) is 46.0 cm³/mol. The Morgan fingerprint density at radius 1 is 1.85 bits per heavy atom. The molecule has 0 spiro atoms. The van der Waals surface area contributed by atoms with Crippen LogP contribution in [0.25, 0.3) is 0 Å². The molecule has 5 nitrogen and oxygen atoms in total. The summed E-state index contributed by atoms with van der Waals surface area (Å²) in [5, 5.41) is 8.48. The Labute approximate surface area is 76.5 Å². The summed E-state index contributed by atoms with van der Waals surface area (Å²) in [6.07, 6.45) is 0.0962. The number of rotatable bonds is 4. The van der Waals surface area contributed by atoms with Crippen molar-refractivity contribution >= 4 is 11.9 Å². The highest BCUT2D eigenvalue weighted by atomic mass is 16.4. The molecule has 1 aliphatic rings. The summed E-state index contributed by atoms with van der Waals surface area (Å²) in [4.78, 5) is 22.9. The molecule has 13 heavy (non-hydrogen) atoms. The third-order valence-corrected chi connectivity index (χ3v) is 2.10. The summed E-state index contributed by atoms with van der Waals surface area (Å²) in [5.41, 5.74) is 5.38. The van der Waals surface area contributed by atoms with Crippen molar-refractivity contribution in [2.45, 2.75) is 19.4 Å².